The topological polar surface area (TPSA) is 21.1 Å². The molecule has 0 unspecified atom stereocenters. The van der Waals surface area contributed by atoms with Gasteiger partial charge in [0.15, 0.2) is 0 Å². The van der Waals surface area contributed by atoms with E-state index in [4.69, 9.17) is 28.2 Å². The minimum absolute atomic E-state index is 0.614. The second-order valence-electron chi connectivity index (χ2n) is 7.82. The predicted molar refractivity (Wildman–Crippen MR) is 112 cm³/mol. The molecule has 140 valence electrons. The lowest BCUT2D eigenvalue weighted by Gasteiger charge is -2.32. The maximum atomic E-state index is 6.30. The number of rotatable bonds is 3. The summed E-state index contributed by atoms with van der Waals surface area (Å²) in [4.78, 5) is 7.49. The Bertz CT molecular complexity index is 987. The molecule has 0 aliphatic carbocycles. The Hall–Kier alpha value is -1.55. The molecule has 1 aromatic heterocycles. The number of aryl methyl sites for hydroxylation is 2. The van der Waals surface area contributed by atoms with Crippen molar-refractivity contribution in [1.29, 1.82) is 0 Å². The molecule has 27 heavy (non-hydrogen) atoms. The molecule has 0 N–H and O–H groups in total. The first kappa shape index (κ1) is 17.5. The average molecular weight is 400 g/mol. The molecule has 0 saturated carbocycles. The number of aromatic nitrogens is 2. The molecule has 3 heterocycles. The van der Waals surface area contributed by atoms with Crippen LogP contribution in [0, 0.1) is 0 Å². The van der Waals surface area contributed by atoms with E-state index < -0.39 is 0 Å². The highest BCUT2D eigenvalue weighted by atomic mass is 35.5. The summed E-state index contributed by atoms with van der Waals surface area (Å²) in [6, 6.07) is 12.5. The Morgan fingerprint density at radius 2 is 1.85 bits per heavy atom. The quantitative estimate of drug-likeness (QED) is 0.565. The smallest absolute Gasteiger partial charge is 0.124 e. The molecule has 1 fully saturated rings. The van der Waals surface area contributed by atoms with Crippen LogP contribution in [0.2, 0.25) is 10.0 Å². The molecule has 2 aliphatic heterocycles. The van der Waals surface area contributed by atoms with Crippen LogP contribution in [0.5, 0.6) is 0 Å². The molecule has 0 bridgehead atoms. The third-order valence-corrected chi connectivity index (χ3v) is 6.52. The molecule has 0 atom stereocenters. The largest absolute Gasteiger partial charge is 0.327 e. The van der Waals surface area contributed by atoms with Crippen molar-refractivity contribution in [1.82, 2.24) is 14.5 Å². The summed E-state index contributed by atoms with van der Waals surface area (Å²) in [5.74, 6) is 1.80. The number of hydrogen-bond acceptors (Lipinski definition) is 2. The van der Waals surface area contributed by atoms with Crippen molar-refractivity contribution in [3.05, 3.63) is 63.4 Å². The minimum Gasteiger partial charge on any atom is -0.327 e. The molecule has 1 saturated heterocycles. The van der Waals surface area contributed by atoms with Gasteiger partial charge in [0.2, 0.25) is 0 Å². The van der Waals surface area contributed by atoms with Gasteiger partial charge in [-0.1, -0.05) is 35.3 Å². The zero-order chi connectivity index (χ0) is 18.4. The van der Waals surface area contributed by atoms with Crippen molar-refractivity contribution >= 4 is 34.2 Å². The van der Waals surface area contributed by atoms with E-state index in [0.717, 1.165) is 48.2 Å². The van der Waals surface area contributed by atoms with Crippen LogP contribution in [-0.2, 0) is 19.5 Å². The van der Waals surface area contributed by atoms with Gasteiger partial charge in [-0.15, -0.1) is 0 Å². The Morgan fingerprint density at radius 1 is 1.00 bits per heavy atom. The summed E-state index contributed by atoms with van der Waals surface area (Å²) in [7, 11) is 0. The van der Waals surface area contributed by atoms with Crippen molar-refractivity contribution in [2.45, 2.75) is 44.7 Å². The van der Waals surface area contributed by atoms with E-state index in [1.807, 2.05) is 12.1 Å². The lowest BCUT2D eigenvalue weighted by atomic mass is 9.89. The highest BCUT2D eigenvalue weighted by Crippen LogP contribution is 2.32. The van der Waals surface area contributed by atoms with Gasteiger partial charge in [0.25, 0.3) is 0 Å². The van der Waals surface area contributed by atoms with Gasteiger partial charge in [0.1, 0.15) is 5.82 Å². The van der Waals surface area contributed by atoms with Gasteiger partial charge in [0, 0.05) is 16.6 Å². The predicted octanol–water partition coefficient (Wildman–Crippen LogP) is 5.67. The Kier molecular flexibility index (Phi) is 4.63. The zero-order valence-electron chi connectivity index (χ0n) is 15.3. The number of imidazole rings is 1. The molecule has 3 aromatic rings. The Morgan fingerprint density at radius 3 is 2.67 bits per heavy atom. The van der Waals surface area contributed by atoms with E-state index in [1.54, 1.807) is 0 Å². The summed E-state index contributed by atoms with van der Waals surface area (Å²) in [6.07, 6.45) is 4.63. The van der Waals surface area contributed by atoms with Crippen molar-refractivity contribution in [3.8, 4) is 0 Å². The maximum absolute atomic E-state index is 6.30. The normalized spacial score (nSPS) is 18.3. The van der Waals surface area contributed by atoms with Crippen LogP contribution >= 0.6 is 23.2 Å². The van der Waals surface area contributed by atoms with Crippen molar-refractivity contribution in [3.63, 3.8) is 0 Å². The van der Waals surface area contributed by atoms with Crippen LogP contribution in [0.1, 0.15) is 42.1 Å². The van der Waals surface area contributed by atoms with E-state index in [1.165, 1.54) is 41.7 Å². The van der Waals surface area contributed by atoms with Gasteiger partial charge < -0.3 is 4.57 Å². The van der Waals surface area contributed by atoms with Crippen LogP contribution in [-0.4, -0.2) is 27.5 Å². The fourth-order valence-corrected chi connectivity index (χ4v) is 5.16. The van der Waals surface area contributed by atoms with Crippen LogP contribution in [0.4, 0.5) is 0 Å². The molecular formula is C22H23Cl2N3. The first-order chi connectivity index (χ1) is 13.2. The summed E-state index contributed by atoms with van der Waals surface area (Å²) < 4.78 is 2.42. The summed E-state index contributed by atoms with van der Waals surface area (Å²) in [6.45, 7) is 4.20. The third-order valence-electron chi connectivity index (χ3n) is 6.07. The van der Waals surface area contributed by atoms with Gasteiger partial charge in [-0.25, -0.2) is 4.98 Å². The van der Waals surface area contributed by atoms with Gasteiger partial charge in [-0.3, -0.25) is 4.90 Å². The van der Waals surface area contributed by atoms with Crippen LogP contribution in [0.25, 0.3) is 11.0 Å². The lowest BCUT2D eigenvalue weighted by Crippen LogP contribution is -2.33. The zero-order valence-corrected chi connectivity index (χ0v) is 16.8. The number of benzene rings is 2. The number of piperidine rings is 1. The SMILES string of the molecule is Clc1cccc(C2CCN(Cc3nc4cc(Cl)cc5c4n3CCC5)CC2)c1. The van der Waals surface area contributed by atoms with Crippen LogP contribution < -0.4 is 0 Å². The van der Waals surface area contributed by atoms with Crippen LogP contribution in [0.15, 0.2) is 36.4 Å². The third kappa shape index (κ3) is 3.37. The van der Waals surface area contributed by atoms with Gasteiger partial charge in [-0.2, -0.15) is 0 Å². The first-order valence-electron chi connectivity index (χ1n) is 9.83. The fourth-order valence-electron chi connectivity index (χ4n) is 4.73. The standard InChI is InChI=1S/C22H23Cl2N3/c23-18-5-1-3-16(11-18)15-6-9-26(10-7-15)14-21-25-20-13-19(24)12-17-4-2-8-27(21)22(17)20/h1,3,5,11-13,15H,2,4,6-10,14H2. The highest BCUT2D eigenvalue weighted by molar-refractivity contribution is 6.31. The van der Waals surface area contributed by atoms with E-state index in [-0.39, 0.29) is 0 Å². The second kappa shape index (κ2) is 7.12. The van der Waals surface area contributed by atoms with Gasteiger partial charge >= 0.3 is 0 Å². The van der Waals surface area contributed by atoms with Gasteiger partial charge in [-0.05, 0) is 80.1 Å². The van der Waals surface area contributed by atoms with Gasteiger partial charge in [0.05, 0.1) is 17.6 Å². The Balaban J connectivity index is 1.33. The molecule has 0 amide bonds. The van der Waals surface area contributed by atoms with Crippen molar-refractivity contribution in [2.75, 3.05) is 13.1 Å². The van der Waals surface area contributed by atoms with E-state index in [9.17, 15) is 0 Å². The molecule has 2 aromatic carbocycles. The van der Waals surface area contributed by atoms with Crippen molar-refractivity contribution in [2.24, 2.45) is 0 Å². The average Bonchev–Trinajstić information content (AvgIpc) is 3.01. The van der Waals surface area contributed by atoms with E-state index in [2.05, 4.69) is 33.7 Å². The maximum Gasteiger partial charge on any atom is 0.124 e. The number of nitrogens with zero attached hydrogens (tertiary/aromatic N) is 3. The number of hydrogen-bond donors (Lipinski definition) is 0. The summed E-state index contributed by atoms with van der Waals surface area (Å²) in [5.41, 5.74) is 5.08. The highest BCUT2D eigenvalue weighted by Gasteiger charge is 2.24. The molecule has 3 nitrogen and oxygen atoms in total. The number of likely N-dealkylation sites (tertiary alicyclic amines) is 1. The second-order valence-corrected chi connectivity index (χ2v) is 8.69. The van der Waals surface area contributed by atoms with E-state index >= 15 is 0 Å². The lowest BCUT2D eigenvalue weighted by molar-refractivity contribution is 0.198. The molecule has 5 rings (SSSR count). The molecule has 0 radical (unpaired) electrons. The minimum atomic E-state index is 0.614. The molecule has 5 heteroatoms. The Labute approximate surface area is 169 Å². The first-order valence-corrected chi connectivity index (χ1v) is 10.6. The summed E-state index contributed by atoms with van der Waals surface area (Å²) in [5, 5.41) is 1.64. The number of halogens is 2. The fraction of sp³-hybridized carbons (Fsp3) is 0.409. The van der Waals surface area contributed by atoms with Crippen molar-refractivity contribution < 1.29 is 0 Å². The van der Waals surface area contributed by atoms with E-state index in [0.29, 0.717) is 5.92 Å². The molecule has 0 spiro atoms. The monoisotopic (exact) mass is 399 g/mol. The molecule has 2 aliphatic rings. The molecular weight excluding hydrogens is 377 g/mol. The van der Waals surface area contributed by atoms with Crippen LogP contribution in [0.3, 0.4) is 0 Å². The summed E-state index contributed by atoms with van der Waals surface area (Å²) >= 11 is 12.5.